The van der Waals surface area contributed by atoms with Crippen molar-refractivity contribution in [3.05, 3.63) is 59.7 Å². The van der Waals surface area contributed by atoms with Crippen LogP contribution in [-0.2, 0) is 17.6 Å². The van der Waals surface area contributed by atoms with Gasteiger partial charge >= 0.3 is 0 Å². The van der Waals surface area contributed by atoms with Crippen LogP contribution in [0.3, 0.4) is 0 Å². The molecule has 0 fully saturated rings. The van der Waals surface area contributed by atoms with Gasteiger partial charge in [-0.25, -0.2) is 0 Å². The fraction of sp³-hybridized carbons (Fsp3) is 0.188. The fourth-order valence-electron chi connectivity index (χ4n) is 2.41. The molecule has 2 aliphatic heterocycles. The van der Waals surface area contributed by atoms with Crippen LogP contribution in [0.25, 0.3) is 0 Å². The maximum absolute atomic E-state index is 10.8. The molecule has 4 rings (SSSR count). The van der Waals surface area contributed by atoms with Crippen LogP contribution in [0, 0.1) is 0 Å². The Kier molecular flexibility index (Phi) is 3.19. The van der Waals surface area contributed by atoms with E-state index in [2.05, 4.69) is 34.9 Å². The quantitative estimate of drug-likeness (QED) is 0.757. The molecule has 2 aromatic rings. The summed E-state index contributed by atoms with van der Waals surface area (Å²) in [6.07, 6.45) is 1.73. The third kappa shape index (κ3) is 2.60. The minimum Gasteiger partial charge on any atom is -0.384 e. The number of benzene rings is 2. The van der Waals surface area contributed by atoms with Crippen molar-refractivity contribution < 1.29 is 4.79 Å². The lowest BCUT2D eigenvalue weighted by Crippen LogP contribution is -2.03. The summed E-state index contributed by atoms with van der Waals surface area (Å²) in [7, 11) is 0. The summed E-state index contributed by atoms with van der Waals surface area (Å²) in [5.41, 5.74) is 4.84. The zero-order valence-electron chi connectivity index (χ0n) is 10.6. The van der Waals surface area contributed by atoms with Crippen molar-refractivity contribution in [2.24, 2.45) is 0 Å². The minimum atomic E-state index is 0.0983. The molecule has 0 aromatic heterocycles. The summed E-state index contributed by atoms with van der Waals surface area (Å²) in [5, 5.41) is 6.06. The molecule has 0 saturated heterocycles. The largest absolute Gasteiger partial charge is 0.384 e. The summed E-state index contributed by atoms with van der Waals surface area (Å²) in [6.45, 7) is 1.11. The molecule has 1 amide bonds. The molecule has 0 radical (unpaired) electrons. The van der Waals surface area contributed by atoms with E-state index < -0.39 is 0 Å². The molecule has 3 heteroatoms. The Morgan fingerprint density at radius 2 is 1.53 bits per heavy atom. The molecular weight excluding hydrogens is 236 g/mol. The highest BCUT2D eigenvalue weighted by molar-refractivity contribution is 5.98. The summed E-state index contributed by atoms with van der Waals surface area (Å²) in [5.74, 6) is 0.0983. The van der Waals surface area contributed by atoms with Gasteiger partial charge in [-0.3, -0.25) is 4.79 Å². The van der Waals surface area contributed by atoms with Gasteiger partial charge in [0, 0.05) is 17.9 Å². The van der Waals surface area contributed by atoms with Crippen molar-refractivity contribution in [1.82, 2.24) is 0 Å². The highest BCUT2D eigenvalue weighted by Gasteiger charge is 2.15. The predicted octanol–water partition coefficient (Wildman–Crippen LogP) is 2.84. The van der Waals surface area contributed by atoms with Gasteiger partial charge in [-0.2, -0.15) is 0 Å². The van der Waals surface area contributed by atoms with Crippen LogP contribution in [-0.4, -0.2) is 12.5 Å². The molecule has 3 nitrogen and oxygen atoms in total. The van der Waals surface area contributed by atoms with Crippen molar-refractivity contribution in [2.45, 2.75) is 12.8 Å². The summed E-state index contributed by atoms with van der Waals surface area (Å²) >= 11 is 0. The standard InChI is InChI=1S/C8H7NO.C8H9N/c10-8-5-6-3-1-2-4-7(6)9-8;1-2-4-8-7(3-1)5-6-9-8/h1-4H,5H2,(H,9,10);1-4,9H,5-6H2. The first-order chi connectivity index (χ1) is 9.33. The Balaban J connectivity index is 0.000000117. The van der Waals surface area contributed by atoms with Gasteiger partial charge in [-0.05, 0) is 29.7 Å². The Morgan fingerprint density at radius 3 is 2.26 bits per heavy atom. The van der Waals surface area contributed by atoms with E-state index >= 15 is 0 Å². The summed E-state index contributed by atoms with van der Waals surface area (Å²) < 4.78 is 0. The number of hydrogen-bond donors (Lipinski definition) is 2. The molecule has 0 unspecified atom stereocenters. The van der Waals surface area contributed by atoms with Crippen LogP contribution in [0.15, 0.2) is 48.5 Å². The van der Waals surface area contributed by atoms with Gasteiger partial charge < -0.3 is 10.6 Å². The number of para-hydroxylation sites is 2. The van der Waals surface area contributed by atoms with E-state index in [1.165, 1.54) is 17.7 Å². The molecular formula is C16H16N2O. The highest BCUT2D eigenvalue weighted by Crippen LogP contribution is 2.21. The maximum Gasteiger partial charge on any atom is 0.228 e. The Labute approximate surface area is 112 Å². The van der Waals surface area contributed by atoms with Crippen LogP contribution in [0.5, 0.6) is 0 Å². The average molecular weight is 252 g/mol. The van der Waals surface area contributed by atoms with Gasteiger partial charge in [-0.15, -0.1) is 0 Å². The molecule has 0 aliphatic carbocycles. The minimum absolute atomic E-state index is 0.0983. The zero-order chi connectivity index (χ0) is 13.1. The summed E-state index contributed by atoms with van der Waals surface area (Å²) in [4.78, 5) is 10.8. The van der Waals surface area contributed by atoms with Gasteiger partial charge in [0.05, 0.1) is 6.42 Å². The van der Waals surface area contributed by atoms with Gasteiger partial charge in [0.25, 0.3) is 0 Å². The Bertz CT molecular complexity index is 557. The monoisotopic (exact) mass is 252 g/mol. The van der Waals surface area contributed by atoms with Gasteiger partial charge in [-0.1, -0.05) is 36.4 Å². The second kappa shape index (κ2) is 5.14. The van der Waals surface area contributed by atoms with E-state index in [0.29, 0.717) is 6.42 Å². The van der Waals surface area contributed by atoms with Crippen LogP contribution >= 0.6 is 0 Å². The number of carbonyl (C=O) groups excluding carboxylic acids is 1. The molecule has 0 atom stereocenters. The number of rotatable bonds is 0. The smallest absolute Gasteiger partial charge is 0.228 e. The molecule has 0 spiro atoms. The predicted molar refractivity (Wildman–Crippen MR) is 77.4 cm³/mol. The van der Waals surface area contributed by atoms with Crippen molar-refractivity contribution in [2.75, 3.05) is 17.2 Å². The van der Waals surface area contributed by atoms with E-state index in [9.17, 15) is 4.79 Å². The van der Waals surface area contributed by atoms with E-state index in [0.717, 1.165) is 17.8 Å². The lowest BCUT2D eigenvalue weighted by molar-refractivity contribution is -0.115. The molecule has 96 valence electrons. The second-order valence-corrected chi connectivity index (χ2v) is 4.72. The molecule has 19 heavy (non-hydrogen) atoms. The first-order valence-corrected chi connectivity index (χ1v) is 6.52. The lowest BCUT2D eigenvalue weighted by atomic mass is 10.2. The first kappa shape index (κ1) is 11.8. The number of hydrogen-bond acceptors (Lipinski definition) is 2. The first-order valence-electron chi connectivity index (χ1n) is 6.52. The van der Waals surface area contributed by atoms with E-state index in [1.54, 1.807) is 0 Å². The Morgan fingerprint density at radius 1 is 0.842 bits per heavy atom. The molecule has 0 saturated carbocycles. The van der Waals surface area contributed by atoms with E-state index in [-0.39, 0.29) is 5.91 Å². The molecule has 2 heterocycles. The molecule has 2 N–H and O–H groups in total. The molecule has 2 aromatic carbocycles. The number of amides is 1. The molecule has 2 aliphatic rings. The van der Waals surface area contributed by atoms with E-state index in [4.69, 9.17) is 0 Å². The second-order valence-electron chi connectivity index (χ2n) is 4.72. The van der Waals surface area contributed by atoms with Crippen LogP contribution in [0.2, 0.25) is 0 Å². The van der Waals surface area contributed by atoms with Crippen LogP contribution < -0.4 is 10.6 Å². The maximum atomic E-state index is 10.8. The van der Waals surface area contributed by atoms with Gasteiger partial charge in [0.15, 0.2) is 0 Å². The van der Waals surface area contributed by atoms with E-state index in [1.807, 2.05) is 24.3 Å². The Hall–Kier alpha value is -2.29. The lowest BCUT2D eigenvalue weighted by Gasteiger charge is -1.94. The normalized spacial score (nSPS) is 14.6. The third-order valence-electron chi connectivity index (χ3n) is 3.37. The molecule has 0 bridgehead atoms. The number of anilines is 2. The van der Waals surface area contributed by atoms with Crippen LogP contribution in [0.1, 0.15) is 11.1 Å². The highest BCUT2D eigenvalue weighted by atomic mass is 16.1. The third-order valence-corrected chi connectivity index (χ3v) is 3.37. The number of nitrogens with one attached hydrogen (secondary N) is 2. The summed E-state index contributed by atoms with van der Waals surface area (Å²) in [6, 6.07) is 16.2. The van der Waals surface area contributed by atoms with Crippen LogP contribution in [0.4, 0.5) is 11.4 Å². The van der Waals surface area contributed by atoms with Crippen molar-refractivity contribution in [3.8, 4) is 0 Å². The van der Waals surface area contributed by atoms with Gasteiger partial charge in [0.1, 0.15) is 0 Å². The topological polar surface area (TPSA) is 41.1 Å². The van der Waals surface area contributed by atoms with Crippen molar-refractivity contribution in [3.63, 3.8) is 0 Å². The van der Waals surface area contributed by atoms with Crippen molar-refractivity contribution in [1.29, 1.82) is 0 Å². The van der Waals surface area contributed by atoms with Gasteiger partial charge in [0.2, 0.25) is 5.91 Å². The number of carbonyl (C=O) groups is 1. The number of fused-ring (bicyclic) bond motifs is 2. The SMILES string of the molecule is O=C1Cc2ccccc2N1.c1ccc2c(c1)CCN2. The zero-order valence-corrected chi connectivity index (χ0v) is 10.6. The van der Waals surface area contributed by atoms with Crippen molar-refractivity contribution >= 4 is 17.3 Å². The average Bonchev–Trinajstić information content (AvgIpc) is 3.03. The fourth-order valence-corrected chi connectivity index (χ4v) is 2.41.